The fourth-order valence-corrected chi connectivity index (χ4v) is 5.31. The van der Waals surface area contributed by atoms with Crippen LogP contribution in [0.2, 0.25) is 0 Å². The Labute approximate surface area is 195 Å². The molecule has 2 aliphatic heterocycles. The number of ether oxygens (including phenoxy) is 1. The fraction of sp³-hybridized carbons (Fsp3) is 0.400. The highest BCUT2D eigenvalue weighted by molar-refractivity contribution is 9.10. The zero-order valence-corrected chi connectivity index (χ0v) is 19.7. The normalized spacial score (nSPS) is 20.1. The second kappa shape index (κ2) is 10.0. The SMILES string of the molecule is CCOC(=O)C1=C(CN2CCS(=O)CC2)NC(c2ncn[nH]2)=NC1c1ccc(F)cc1Br. The Hall–Kier alpha value is -2.44. The minimum Gasteiger partial charge on any atom is -0.463 e. The number of halogens is 2. The molecule has 1 aromatic heterocycles. The van der Waals surface area contributed by atoms with Crippen LogP contribution in [-0.2, 0) is 20.3 Å². The molecule has 0 bridgehead atoms. The van der Waals surface area contributed by atoms with E-state index in [0.717, 1.165) is 0 Å². The van der Waals surface area contributed by atoms with Crippen LogP contribution in [0.15, 0.2) is 45.3 Å². The second-order valence-electron chi connectivity index (χ2n) is 7.24. The number of nitrogens with one attached hydrogen (secondary N) is 2. The second-order valence-corrected chi connectivity index (χ2v) is 9.79. The molecule has 1 atom stereocenters. The van der Waals surface area contributed by atoms with Crippen molar-refractivity contribution in [3.05, 3.63) is 57.5 Å². The molecule has 1 aromatic carbocycles. The van der Waals surface area contributed by atoms with Crippen molar-refractivity contribution < 1.29 is 18.1 Å². The molecule has 0 radical (unpaired) electrons. The molecule has 0 amide bonds. The number of rotatable bonds is 6. The number of aromatic nitrogens is 3. The lowest BCUT2D eigenvalue weighted by molar-refractivity contribution is -0.139. The smallest absolute Gasteiger partial charge is 0.338 e. The van der Waals surface area contributed by atoms with Crippen molar-refractivity contribution in [2.45, 2.75) is 13.0 Å². The van der Waals surface area contributed by atoms with Gasteiger partial charge in [0.05, 0.1) is 12.2 Å². The lowest BCUT2D eigenvalue weighted by Gasteiger charge is -2.32. The van der Waals surface area contributed by atoms with E-state index in [2.05, 4.69) is 41.3 Å². The molecule has 2 aliphatic rings. The molecule has 4 rings (SSSR count). The van der Waals surface area contributed by atoms with Crippen LogP contribution in [0, 0.1) is 5.82 Å². The van der Waals surface area contributed by atoms with Gasteiger partial charge in [-0.25, -0.2) is 14.2 Å². The van der Waals surface area contributed by atoms with Gasteiger partial charge in [0.25, 0.3) is 0 Å². The Kier molecular flexibility index (Phi) is 7.11. The Balaban J connectivity index is 1.80. The molecule has 0 saturated carbocycles. The number of aromatic amines is 1. The number of aliphatic imine (C=N–C) groups is 1. The molecule has 1 unspecified atom stereocenters. The van der Waals surface area contributed by atoms with Crippen LogP contribution in [0.3, 0.4) is 0 Å². The molecule has 3 heterocycles. The van der Waals surface area contributed by atoms with Gasteiger partial charge >= 0.3 is 5.97 Å². The zero-order chi connectivity index (χ0) is 22.7. The molecular formula is C20H22BrFN6O3S. The molecule has 1 saturated heterocycles. The topological polar surface area (TPSA) is 113 Å². The maximum absolute atomic E-state index is 13.8. The third kappa shape index (κ3) is 4.97. The Morgan fingerprint density at radius 1 is 1.38 bits per heavy atom. The highest BCUT2D eigenvalue weighted by Gasteiger charge is 2.35. The highest BCUT2D eigenvalue weighted by atomic mass is 79.9. The van der Waals surface area contributed by atoms with Crippen molar-refractivity contribution in [1.29, 1.82) is 0 Å². The number of H-pyrrole nitrogens is 1. The van der Waals surface area contributed by atoms with Crippen molar-refractivity contribution in [3.8, 4) is 0 Å². The number of esters is 1. The molecule has 2 aromatic rings. The summed E-state index contributed by atoms with van der Waals surface area (Å²) in [5.41, 5.74) is 1.57. The first-order valence-corrected chi connectivity index (χ1v) is 12.4. The Bertz CT molecular complexity index is 1080. The molecule has 1 fully saturated rings. The van der Waals surface area contributed by atoms with E-state index in [4.69, 9.17) is 9.73 Å². The third-order valence-electron chi connectivity index (χ3n) is 5.17. The third-order valence-corrected chi connectivity index (χ3v) is 7.13. The van der Waals surface area contributed by atoms with E-state index in [1.165, 1.54) is 18.5 Å². The summed E-state index contributed by atoms with van der Waals surface area (Å²) in [5.74, 6) is 1.07. The molecular weight excluding hydrogens is 503 g/mol. The molecule has 32 heavy (non-hydrogen) atoms. The number of nitrogens with zero attached hydrogens (tertiary/aromatic N) is 4. The van der Waals surface area contributed by atoms with Crippen molar-refractivity contribution >= 4 is 38.5 Å². The van der Waals surface area contributed by atoms with Crippen LogP contribution in [0.25, 0.3) is 0 Å². The molecule has 2 N–H and O–H groups in total. The summed E-state index contributed by atoms with van der Waals surface area (Å²) in [6.45, 7) is 3.64. The molecule has 0 spiro atoms. The number of carbonyl (C=O) groups excluding carboxylic acids is 1. The number of benzene rings is 1. The van der Waals surface area contributed by atoms with Gasteiger partial charge in [0, 0.05) is 52.1 Å². The summed E-state index contributed by atoms with van der Waals surface area (Å²) in [6.07, 6.45) is 1.37. The lowest BCUT2D eigenvalue weighted by atomic mass is 9.95. The Morgan fingerprint density at radius 3 is 2.81 bits per heavy atom. The molecule has 170 valence electrons. The van der Waals surface area contributed by atoms with Crippen LogP contribution in [0.4, 0.5) is 4.39 Å². The lowest BCUT2D eigenvalue weighted by Crippen LogP contribution is -2.44. The van der Waals surface area contributed by atoms with E-state index in [0.29, 0.717) is 64.1 Å². The first kappa shape index (κ1) is 22.7. The van der Waals surface area contributed by atoms with Crippen LogP contribution in [0.5, 0.6) is 0 Å². The zero-order valence-electron chi connectivity index (χ0n) is 17.3. The van der Waals surface area contributed by atoms with Gasteiger partial charge in [0.15, 0.2) is 11.7 Å². The van der Waals surface area contributed by atoms with Crippen LogP contribution in [0.1, 0.15) is 24.4 Å². The van der Waals surface area contributed by atoms with E-state index >= 15 is 0 Å². The van der Waals surface area contributed by atoms with E-state index in [9.17, 15) is 13.4 Å². The van der Waals surface area contributed by atoms with Gasteiger partial charge in [-0.1, -0.05) is 22.0 Å². The van der Waals surface area contributed by atoms with Crippen molar-refractivity contribution in [3.63, 3.8) is 0 Å². The van der Waals surface area contributed by atoms with Gasteiger partial charge < -0.3 is 10.1 Å². The van der Waals surface area contributed by atoms with Gasteiger partial charge in [-0.2, -0.15) is 5.10 Å². The van der Waals surface area contributed by atoms with Gasteiger partial charge in [-0.3, -0.25) is 19.2 Å². The molecule has 9 nitrogen and oxygen atoms in total. The average Bonchev–Trinajstić information content (AvgIpc) is 3.30. The number of hydrogen-bond donors (Lipinski definition) is 2. The minimum atomic E-state index is -0.820. The quantitative estimate of drug-likeness (QED) is 0.552. The van der Waals surface area contributed by atoms with Crippen LogP contribution >= 0.6 is 15.9 Å². The van der Waals surface area contributed by atoms with Crippen LogP contribution in [-0.4, -0.2) is 73.8 Å². The number of amidine groups is 1. The number of hydrogen-bond acceptors (Lipinski definition) is 8. The summed E-state index contributed by atoms with van der Waals surface area (Å²) in [7, 11) is -0.820. The summed E-state index contributed by atoms with van der Waals surface area (Å²) in [5, 5.41) is 9.89. The average molecular weight is 525 g/mol. The predicted octanol–water partition coefficient (Wildman–Crippen LogP) is 1.68. The monoisotopic (exact) mass is 524 g/mol. The minimum absolute atomic E-state index is 0.203. The predicted molar refractivity (Wildman–Crippen MR) is 121 cm³/mol. The Morgan fingerprint density at radius 2 is 2.16 bits per heavy atom. The maximum Gasteiger partial charge on any atom is 0.338 e. The summed E-state index contributed by atoms with van der Waals surface area (Å²) in [4.78, 5) is 24.1. The molecule has 0 aliphatic carbocycles. The van der Waals surface area contributed by atoms with E-state index in [-0.39, 0.29) is 6.61 Å². The van der Waals surface area contributed by atoms with E-state index < -0.39 is 28.6 Å². The molecule has 12 heteroatoms. The fourth-order valence-electron chi connectivity index (χ4n) is 3.62. The standard InChI is InChI=1S/C20H22BrFN6O3S/c1-2-31-20(29)16-15(10-28-5-7-32(30)8-6-28)25-19(18-23-11-24-27-18)26-17(16)13-4-3-12(22)9-14(13)21/h3-4,9,11,17H,2,5-8,10H2,1H3,(H,25,26)(H,23,24,27). The van der Waals surface area contributed by atoms with Crippen molar-refractivity contribution in [2.75, 3.05) is 37.7 Å². The first-order chi connectivity index (χ1) is 15.5. The van der Waals surface area contributed by atoms with Gasteiger partial charge in [0.2, 0.25) is 0 Å². The van der Waals surface area contributed by atoms with Gasteiger partial charge in [0.1, 0.15) is 18.2 Å². The summed E-state index contributed by atoms with van der Waals surface area (Å²) < 4.78 is 31.4. The highest BCUT2D eigenvalue weighted by Crippen LogP contribution is 2.36. The largest absolute Gasteiger partial charge is 0.463 e. The summed E-state index contributed by atoms with van der Waals surface area (Å²) in [6, 6.07) is 3.51. The van der Waals surface area contributed by atoms with E-state index in [1.54, 1.807) is 13.0 Å². The summed E-state index contributed by atoms with van der Waals surface area (Å²) >= 11 is 3.41. The first-order valence-electron chi connectivity index (χ1n) is 10.1. The van der Waals surface area contributed by atoms with Gasteiger partial charge in [-0.05, 0) is 24.6 Å². The number of carbonyl (C=O) groups is 1. The maximum atomic E-state index is 13.8. The van der Waals surface area contributed by atoms with Crippen molar-refractivity contribution in [2.24, 2.45) is 4.99 Å². The van der Waals surface area contributed by atoms with E-state index in [1.807, 2.05) is 0 Å². The van der Waals surface area contributed by atoms with Crippen molar-refractivity contribution in [1.82, 2.24) is 25.4 Å². The van der Waals surface area contributed by atoms with Crippen LogP contribution < -0.4 is 5.32 Å². The van der Waals surface area contributed by atoms with Gasteiger partial charge in [-0.15, -0.1) is 0 Å².